The van der Waals surface area contributed by atoms with Crippen molar-refractivity contribution >= 4 is 28.3 Å². The zero-order chi connectivity index (χ0) is 8.77. The van der Waals surface area contributed by atoms with Crippen LogP contribution in [0.25, 0.3) is 0 Å². The quantitative estimate of drug-likeness (QED) is 0.566. The first-order chi connectivity index (χ1) is 5.59. The van der Waals surface area contributed by atoms with E-state index in [1.54, 1.807) is 0 Å². The van der Waals surface area contributed by atoms with Crippen LogP contribution in [0, 0.1) is 0 Å². The third-order valence-corrected chi connectivity index (χ3v) is 6.35. The summed E-state index contributed by atoms with van der Waals surface area (Å²) in [6.07, 6.45) is 0. The van der Waals surface area contributed by atoms with Gasteiger partial charge < -0.3 is 0 Å². The summed E-state index contributed by atoms with van der Waals surface area (Å²) in [5, 5.41) is 0. The summed E-state index contributed by atoms with van der Waals surface area (Å²) in [7, 11) is -0.896. The van der Waals surface area contributed by atoms with Crippen LogP contribution in [0.3, 0.4) is 0 Å². The predicted molar refractivity (Wildman–Crippen MR) is 57.9 cm³/mol. The molecule has 1 unspecified atom stereocenters. The van der Waals surface area contributed by atoms with Crippen molar-refractivity contribution in [1.29, 1.82) is 0 Å². The molecule has 1 fully saturated rings. The average Bonchev–Trinajstić information content (AvgIpc) is 2.60. The molecule has 2 rings (SSSR count). The standard InChI is InChI=1S/C9H15NSeSi/c1-12(2,3)9-6-10(9)8-4-5-11-7-8/h4-5,7,9H,6H2,1-3H3. The van der Waals surface area contributed by atoms with Gasteiger partial charge in [-0.3, -0.25) is 0 Å². The van der Waals surface area contributed by atoms with Gasteiger partial charge in [0.25, 0.3) is 0 Å². The van der Waals surface area contributed by atoms with E-state index in [0.717, 1.165) is 5.67 Å². The van der Waals surface area contributed by atoms with Crippen LogP contribution in [0.1, 0.15) is 0 Å². The van der Waals surface area contributed by atoms with Gasteiger partial charge in [0.15, 0.2) is 0 Å². The molecule has 0 amide bonds. The SMILES string of the molecule is C[Si](C)(C)C1CN1c1cc[se]c1. The molecule has 0 saturated carbocycles. The fourth-order valence-corrected chi connectivity index (χ4v) is 4.78. The molecule has 1 atom stereocenters. The first kappa shape index (κ1) is 8.61. The third kappa shape index (κ3) is 1.54. The van der Waals surface area contributed by atoms with Crippen molar-refractivity contribution in [2.75, 3.05) is 11.4 Å². The number of hydrogen-bond donors (Lipinski definition) is 0. The Balaban J connectivity index is 2.06. The van der Waals surface area contributed by atoms with Gasteiger partial charge in [0.2, 0.25) is 0 Å². The molecule has 1 aromatic rings. The van der Waals surface area contributed by atoms with E-state index < -0.39 is 8.07 Å². The van der Waals surface area contributed by atoms with E-state index in [-0.39, 0.29) is 0 Å². The van der Waals surface area contributed by atoms with Crippen LogP contribution in [0.5, 0.6) is 0 Å². The van der Waals surface area contributed by atoms with Crippen LogP contribution in [-0.4, -0.2) is 34.8 Å². The molecule has 1 aliphatic rings. The zero-order valence-electron chi connectivity index (χ0n) is 7.87. The molecular weight excluding hydrogens is 229 g/mol. The van der Waals surface area contributed by atoms with Crippen molar-refractivity contribution in [2.24, 2.45) is 0 Å². The van der Waals surface area contributed by atoms with Crippen LogP contribution in [-0.2, 0) is 0 Å². The number of nitrogens with zero attached hydrogens (tertiary/aromatic N) is 1. The summed E-state index contributed by atoms with van der Waals surface area (Å²) in [6, 6.07) is 2.29. The van der Waals surface area contributed by atoms with Crippen LogP contribution in [0.4, 0.5) is 5.69 Å². The molecule has 0 aromatic carbocycles. The van der Waals surface area contributed by atoms with Crippen LogP contribution >= 0.6 is 0 Å². The van der Waals surface area contributed by atoms with Gasteiger partial charge in [0, 0.05) is 0 Å². The minimum atomic E-state index is -0.896. The molecule has 0 N–H and O–H groups in total. The maximum atomic E-state index is 2.57. The molecule has 1 aliphatic heterocycles. The van der Waals surface area contributed by atoms with Crippen LogP contribution < -0.4 is 4.90 Å². The van der Waals surface area contributed by atoms with Crippen LogP contribution in [0.2, 0.25) is 19.6 Å². The Morgan fingerprint density at radius 2 is 2.25 bits per heavy atom. The van der Waals surface area contributed by atoms with E-state index in [9.17, 15) is 0 Å². The van der Waals surface area contributed by atoms with E-state index >= 15 is 0 Å². The van der Waals surface area contributed by atoms with E-state index in [4.69, 9.17) is 0 Å². The van der Waals surface area contributed by atoms with E-state index in [1.807, 2.05) is 0 Å². The van der Waals surface area contributed by atoms with Gasteiger partial charge in [-0.15, -0.1) is 0 Å². The molecule has 0 radical (unpaired) electrons. The van der Waals surface area contributed by atoms with Gasteiger partial charge in [-0.05, 0) is 0 Å². The number of anilines is 1. The van der Waals surface area contributed by atoms with Crippen LogP contribution in [0.15, 0.2) is 15.9 Å². The fourth-order valence-electron chi connectivity index (χ4n) is 1.59. The summed E-state index contributed by atoms with van der Waals surface area (Å²) in [6.45, 7) is 8.70. The van der Waals surface area contributed by atoms with Gasteiger partial charge >= 0.3 is 81.0 Å². The minimum absolute atomic E-state index is 0.655. The molecule has 66 valence electrons. The summed E-state index contributed by atoms with van der Waals surface area (Å²) < 4.78 is 0. The molecule has 3 heteroatoms. The number of rotatable bonds is 2. The Morgan fingerprint density at radius 1 is 1.50 bits per heavy atom. The van der Waals surface area contributed by atoms with Gasteiger partial charge in [0.1, 0.15) is 0 Å². The molecular formula is C9H15NSeSi. The van der Waals surface area contributed by atoms with E-state index in [2.05, 4.69) is 40.5 Å². The van der Waals surface area contributed by atoms with Crippen molar-refractivity contribution in [3.8, 4) is 0 Å². The monoisotopic (exact) mass is 245 g/mol. The second-order valence-electron chi connectivity index (χ2n) is 4.52. The first-order valence-electron chi connectivity index (χ1n) is 4.38. The van der Waals surface area contributed by atoms with Gasteiger partial charge in [-0.1, -0.05) is 0 Å². The topological polar surface area (TPSA) is 3.01 Å². The first-order valence-corrected chi connectivity index (χ1v) is 9.93. The van der Waals surface area contributed by atoms with Crippen molar-refractivity contribution in [3.63, 3.8) is 0 Å². The molecule has 12 heavy (non-hydrogen) atoms. The Bertz CT molecular complexity index is 263. The molecule has 0 aliphatic carbocycles. The zero-order valence-corrected chi connectivity index (χ0v) is 10.6. The Morgan fingerprint density at radius 3 is 2.67 bits per heavy atom. The summed E-state index contributed by atoms with van der Waals surface area (Å²) in [5.74, 6) is 0. The third-order valence-electron chi connectivity index (χ3n) is 2.45. The van der Waals surface area contributed by atoms with Crippen molar-refractivity contribution in [1.82, 2.24) is 0 Å². The van der Waals surface area contributed by atoms with E-state index in [1.165, 1.54) is 12.2 Å². The van der Waals surface area contributed by atoms with Crippen molar-refractivity contribution < 1.29 is 0 Å². The maximum absolute atomic E-state index is 2.57. The summed E-state index contributed by atoms with van der Waals surface area (Å²) >= 11 is 0.655. The molecule has 1 aromatic heterocycles. The van der Waals surface area contributed by atoms with Crippen molar-refractivity contribution in [3.05, 3.63) is 15.9 Å². The van der Waals surface area contributed by atoms with E-state index in [0.29, 0.717) is 14.5 Å². The van der Waals surface area contributed by atoms with Gasteiger partial charge in [-0.25, -0.2) is 0 Å². The fraction of sp³-hybridized carbons (Fsp3) is 0.556. The molecule has 1 saturated heterocycles. The molecule has 2 heterocycles. The summed E-state index contributed by atoms with van der Waals surface area (Å²) in [5.41, 5.74) is 2.42. The average molecular weight is 244 g/mol. The molecule has 0 bridgehead atoms. The van der Waals surface area contributed by atoms with Crippen molar-refractivity contribution in [2.45, 2.75) is 25.3 Å². The second-order valence-corrected chi connectivity index (χ2v) is 11.6. The Kier molecular flexibility index (Phi) is 1.98. The summed E-state index contributed by atoms with van der Waals surface area (Å²) in [4.78, 5) is 7.27. The normalized spacial score (nSPS) is 22.9. The van der Waals surface area contributed by atoms with Gasteiger partial charge in [-0.2, -0.15) is 0 Å². The Hall–Kier alpha value is 0.0164. The van der Waals surface area contributed by atoms with Gasteiger partial charge in [0.05, 0.1) is 0 Å². The second kappa shape index (κ2) is 2.76. The Labute approximate surface area is 81.1 Å². The molecule has 0 spiro atoms. The predicted octanol–water partition coefficient (Wildman–Crippen LogP) is 1.81. The number of hydrogen-bond acceptors (Lipinski definition) is 1. The molecule has 1 nitrogen and oxygen atoms in total.